The van der Waals surface area contributed by atoms with Crippen LogP contribution in [0.15, 0.2) is 45.0 Å². The smallest absolute Gasteiger partial charge is 0.293 e. The molecule has 0 N–H and O–H groups in total. The van der Waals surface area contributed by atoms with Crippen LogP contribution in [0.5, 0.6) is 0 Å². The first-order valence-electron chi connectivity index (χ1n) is 9.08. The van der Waals surface area contributed by atoms with Gasteiger partial charge in [0.25, 0.3) is 5.56 Å². The molecule has 8 heteroatoms. The van der Waals surface area contributed by atoms with Crippen molar-refractivity contribution in [2.45, 2.75) is 26.3 Å². The highest BCUT2D eigenvalue weighted by molar-refractivity contribution is 6.05. The van der Waals surface area contributed by atoms with Gasteiger partial charge in [-0.3, -0.25) is 18.5 Å². The van der Waals surface area contributed by atoms with E-state index in [1.54, 1.807) is 12.1 Å². The normalized spacial score (nSPS) is 16.5. The second kappa shape index (κ2) is 6.22. The minimum atomic E-state index is -0.386. The number of imidazole rings is 1. The molecule has 4 rings (SSSR count). The lowest BCUT2D eigenvalue weighted by atomic mass is 10.0. The molecule has 1 aliphatic heterocycles. The summed E-state index contributed by atoms with van der Waals surface area (Å²) in [7, 11) is 3.14. The molecule has 2 aromatic heterocycles. The third-order valence-corrected chi connectivity index (χ3v) is 5.12. The molecule has 0 radical (unpaired) electrons. The molecule has 3 aromatic rings. The van der Waals surface area contributed by atoms with E-state index in [1.807, 2.05) is 41.8 Å². The van der Waals surface area contributed by atoms with Crippen molar-refractivity contribution in [1.82, 2.24) is 18.7 Å². The average molecular weight is 366 g/mol. The Bertz CT molecular complexity index is 1170. The predicted molar refractivity (Wildman–Crippen MR) is 106 cm³/mol. The zero-order valence-corrected chi connectivity index (χ0v) is 15.9. The highest BCUT2D eigenvalue weighted by Gasteiger charge is 2.33. The largest absolute Gasteiger partial charge is 0.332 e. The fraction of sp³-hybridized carbons (Fsp3) is 0.368. The molecule has 0 unspecified atom stereocenters. The molecule has 1 atom stereocenters. The van der Waals surface area contributed by atoms with E-state index in [0.29, 0.717) is 23.7 Å². The first-order valence-corrected chi connectivity index (χ1v) is 9.08. The van der Waals surface area contributed by atoms with Gasteiger partial charge in [-0.2, -0.15) is 10.1 Å². The molecule has 8 nitrogen and oxygen atoms in total. The van der Waals surface area contributed by atoms with Gasteiger partial charge in [-0.05, 0) is 18.9 Å². The summed E-state index contributed by atoms with van der Waals surface area (Å²) in [6.07, 6.45) is 0.746. The number of fused-ring (bicyclic) bond motifs is 3. The van der Waals surface area contributed by atoms with Gasteiger partial charge in [-0.1, -0.05) is 37.3 Å². The number of rotatable bonds is 3. The first-order chi connectivity index (χ1) is 13.0. The Labute approximate surface area is 156 Å². The van der Waals surface area contributed by atoms with Gasteiger partial charge in [0, 0.05) is 20.6 Å². The summed E-state index contributed by atoms with van der Waals surface area (Å²) in [6.45, 7) is 4.65. The Morgan fingerprint density at radius 2 is 1.74 bits per heavy atom. The Balaban J connectivity index is 2.09. The van der Waals surface area contributed by atoms with Crippen molar-refractivity contribution in [3.8, 4) is 0 Å². The van der Waals surface area contributed by atoms with Gasteiger partial charge in [0.1, 0.15) is 0 Å². The SMILES string of the molecule is CC[C@H]1C(c2ccccc2)=NN(CC)c2nc3c(c(=O)n(C)c(=O)n3C)n21. The third-order valence-electron chi connectivity index (χ3n) is 5.12. The number of hydrogen-bond donors (Lipinski definition) is 0. The van der Waals surface area contributed by atoms with E-state index in [-0.39, 0.29) is 17.3 Å². The molecule has 0 saturated carbocycles. The summed E-state index contributed by atoms with van der Waals surface area (Å²) in [6, 6.07) is 9.83. The van der Waals surface area contributed by atoms with Crippen LogP contribution >= 0.6 is 0 Å². The summed E-state index contributed by atoms with van der Waals surface area (Å²) in [5.41, 5.74) is 2.00. The Kier molecular flexibility index (Phi) is 3.98. The number of hydrazone groups is 1. The van der Waals surface area contributed by atoms with E-state index >= 15 is 0 Å². The van der Waals surface area contributed by atoms with Crippen molar-refractivity contribution in [1.29, 1.82) is 0 Å². The monoisotopic (exact) mass is 366 g/mol. The van der Waals surface area contributed by atoms with Gasteiger partial charge in [-0.15, -0.1) is 0 Å². The standard InChI is InChI=1S/C19H22N6O2/c1-5-13-14(12-10-8-7-9-11-12)21-24(6-2)18-20-16-15(25(13)18)17(26)23(4)19(27)22(16)3/h7-11,13H,5-6H2,1-4H3/t13-/m0/s1. The van der Waals surface area contributed by atoms with Crippen LogP contribution in [0.4, 0.5) is 5.95 Å². The van der Waals surface area contributed by atoms with Crippen molar-refractivity contribution < 1.29 is 0 Å². The lowest BCUT2D eigenvalue weighted by molar-refractivity contribution is 0.590. The fourth-order valence-corrected chi connectivity index (χ4v) is 3.69. The number of benzene rings is 1. The first kappa shape index (κ1) is 17.3. The van der Waals surface area contributed by atoms with Crippen LogP contribution in [0, 0.1) is 0 Å². The highest BCUT2D eigenvalue weighted by atomic mass is 16.2. The van der Waals surface area contributed by atoms with Crippen molar-refractivity contribution in [3.05, 3.63) is 56.7 Å². The van der Waals surface area contributed by atoms with E-state index < -0.39 is 0 Å². The summed E-state index contributed by atoms with van der Waals surface area (Å²) >= 11 is 0. The average Bonchev–Trinajstić information content (AvgIpc) is 3.10. The molecule has 3 heterocycles. The summed E-state index contributed by atoms with van der Waals surface area (Å²) in [4.78, 5) is 29.9. The van der Waals surface area contributed by atoms with Crippen LogP contribution in [0.1, 0.15) is 31.9 Å². The molecule has 27 heavy (non-hydrogen) atoms. The van der Waals surface area contributed by atoms with Crippen LogP contribution in [0.25, 0.3) is 11.2 Å². The second-order valence-electron chi connectivity index (χ2n) is 6.65. The van der Waals surface area contributed by atoms with Crippen LogP contribution in [0.2, 0.25) is 0 Å². The summed E-state index contributed by atoms with van der Waals surface area (Å²) in [5.74, 6) is 0.595. The maximum atomic E-state index is 13.0. The van der Waals surface area contributed by atoms with Crippen molar-refractivity contribution in [2.75, 3.05) is 11.6 Å². The molecule has 0 saturated heterocycles. The minimum absolute atomic E-state index is 0.139. The van der Waals surface area contributed by atoms with Crippen molar-refractivity contribution in [3.63, 3.8) is 0 Å². The fourth-order valence-electron chi connectivity index (χ4n) is 3.69. The molecule has 0 aliphatic carbocycles. The predicted octanol–water partition coefficient (Wildman–Crippen LogP) is 1.63. The quantitative estimate of drug-likeness (QED) is 0.706. The molecule has 1 aromatic carbocycles. The minimum Gasteiger partial charge on any atom is -0.293 e. The molecule has 0 amide bonds. The molecule has 1 aliphatic rings. The summed E-state index contributed by atoms with van der Waals surface area (Å²) < 4.78 is 4.50. The van der Waals surface area contributed by atoms with Crippen LogP contribution < -0.4 is 16.3 Å². The van der Waals surface area contributed by atoms with Gasteiger partial charge in [-0.25, -0.2) is 9.80 Å². The number of aromatic nitrogens is 4. The van der Waals surface area contributed by atoms with E-state index in [4.69, 9.17) is 5.10 Å². The number of nitrogens with zero attached hydrogens (tertiary/aromatic N) is 6. The topological polar surface area (TPSA) is 77.4 Å². The van der Waals surface area contributed by atoms with Crippen LogP contribution in [-0.4, -0.2) is 30.9 Å². The molecule has 0 bridgehead atoms. The Morgan fingerprint density at radius 1 is 1.04 bits per heavy atom. The van der Waals surface area contributed by atoms with Gasteiger partial charge >= 0.3 is 5.69 Å². The maximum Gasteiger partial charge on any atom is 0.332 e. The van der Waals surface area contributed by atoms with E-state index in [0.717, 1.165) is 22.3 Å². The lowest BCUT2D eigenvalue weighted by Gasteiger charge is -2.31. The Morgan fingerprint density at radius 3 is 2.37 bits per heavy atom. The molecule has 140 valence electrons. The third kappa shape index (κ3) is 2.36. The van der Waals surface area contributed by atoms with E-state index in [1.165, 1.54) is 11.6 Å². The maximum absolute atomic E-state index is 13.0. The zero-order chi connectivity index (χ0) is 19.3. The molecule has 0 fully saturated rings. The molecular formula is C19H22N6O2. The Hall–Kier alpha value is -3.16. The highest BCUT2D eigenvalue weighted by Crippen LogP contribution is 2.33. The van der Waals surface area contributed by atoms with Crippen LogP contribution in [0.3, 0.4) is 0 Å². The van der Waals surface area contributed by atoms with Gasteiger partial charge in [0.2, 0.25) is 5.95 Å². The lowest BCUT2D eigenvalue weighted by Crippen LogP contribution is -2.39. The zero-order valence-electron chi connectivity index (χ0n) is 15.9. The van der Waals surface area contributed by atoms with Gasteiger partial charge < -0.3 is 0 Å². The number of anilines is 1. The van der Waals surface area contributed by atoms with Crippen molar-refractivity contribution >= 4 is 22.8 Å². The van der Waals surface area contributed by atoms with Gasteiger partial charge in [0.05, 0.1) is 11.8 Å². The second-order valence-corrected chi connectivity index (χ2v) is 6.65. The van der Waals surface area contributed by atoms with Crippen molar-refractivity contribution in [2.24, 2.45) is 19.2 Å². The van der Waals surface area contributed by atoms with E-state index in [9.17, 15) is 9.59 Å². The van der Waals surface area contributed by atoms with Crippen LogP contribution in [-0.2, 0) is 14.1 Å². The number of aryl methyl sites for hydroxylation is 1. The van der Waals surface area contributed by atoms with E-state index in [2.05, 4.69) is 11.9 Å². The molecule has 0 spiro atoms. The number of hydrogen-bond acceptors (Lipinski definition) is 5. The molecular weight excluding hydrogens is 344 g/mol. The summed E-state index contributed by atoms with van der Waals surface area (Å²) in [5, 5.41) is 6.62. The van der Waals surface area contributed by atoms with Gasteiger partial charge in [0.15, 0.2) is 11.2 Å².